The van der Waals surface area contributed by atoms with E-state index < -0.39 is 0 Å². The SMILES string of the molecule is COc1nc(CNC(=O)c2ccncc2)nc(N(C)C)n1. The zero-order valence-electron chi connectivity index (χ0n) is 12.1. The van der Waals surface area contributed by atoms with Crippen molar-refractivity contribution >= 4 is 11.9 Å². The summed E-state index contributed by atoms with van der Waals surface area (Å²) in [7, 11) is 5.11. The molecule has 2 aromatic rings. The van der Waals surface area contributed by atoms with Gasteiger partial charge in [0.05, 0.1) is 13.7 Å². The van der Waals surface area contributed by atoms with Gasteiger partial charge in [0.15, 0.2) is 5.82 Å². The number of rotatable bonds is 5. The lowest BCUT2D eigenvalue weighted by molar-refractivity contribution is 0.0949. The van der Waals surface area contributed by atoms with Gasteiger partial charge in [-0.15, -0.1) is 0 Å². The van der Waals surface area contributed by atoms with Crippen LogP contribution in [0, 0.1) is 0 Å². The van der Waals surface area contributed by atoms with Crippen LogP contribution in [0.2, 0.25) is 0 Å². The van der Waals surface area contributed by atoms with Gasteiger partial charge >= 0.3 is 6.01 Å². The Kier molecular flexibility index (Phi) is 4.60. The summed E-state index contributed by atoms with van der Waals surface area (Å²) < 4.78 is 5.03. The number of pyridine rings is 1. The first kappa shape index (κ1) is 14.6. The molecule has 0 fully saturated rings. The number of carbonyl (C=O) groups excluding carboxylic acids is 1. The molecule has 8 nitrogen and oxygen atoms in total. The molecule has 0 bridgehead atoms. The van der Waals surface area contributed by atoms with Crippen molar-refractivity contribution in [2.75, 3.05) is 26.1 Å². The third-order valence-electron chi connectivity index (χ3n) is 2.58. The second-order valence-corrected chi connectivity index (χ2v) is 4.35. The number of nitrogens with zero attached hydrogens (tertiary/aromatic N) is 5. The van der Waals surface area contributed by atoms with E-state index in [0.29, 0.717) is 17.3 Å². The van der Waals surface area contributed by atoms with E-state index in [2.05, 4.69) is 25.3 Å². The van der Waals surface area contributed by atoms with E-state index in [0.717, 1.165) is 0 Å². The zero-order valence-corrected chi connectivity index (χ0v) is 12.1. The molecule has 2 rings (SSSR count). The van der Waals surface area contributed by atoms with Crippen molar-refractivity contribution in [3.63, 3.8) is 0 Å². The van der Waals surface area contributed by atoms with Crippen LogP contribution in [0.15, 0.2) is 24.5 Å². The predicted octanol–water partition coefficient (Wildman–Crippen LogP) is 0.271. The second-order valence-electron chi connectivity index (χ2n) is 4.35. The van der Waals surface area contributed by atoms with E-state index in [4.69, 9.17) is 4.74 Å². The third kappa shape index (κ3) is 3.85. The summed E-state index contributed by atoms with van der Waals surface area (Å²) in [4.78, 5) is 30.0. The molecular formula is C13H16N6O2. The van der Waals surface area contributed by atoms with Crippen molar-refractivity contribution in [3.8, 4) is 6.01 Å². The summed E-state index contributed by atoms with van der Waals surface area (Å²) in [6, 6.07) is 3.48. The number of hydrogen-bond donors (Lipinski definition) is 1. The molecule has 110 valence electrons. The van der Waals surface area contributed by atoms with Gasteiger partial charge in [-0.05, 0) is 12.1 Å². The summed E-state index contributed by atoms with van der Waals surface area (Å²) in [6.07, 6.45) is 3.12. The average Bonchev–Trinajstić information content (AvgIpc) is 2.53. The molecule has 1 amide bonds. The van der Waals surface area contributed by atoms with E-state index in [1.165, 1.54) is 7.11 Å². The number of nitrogens with one attached hydrogen (secondary N) is 1. The smallest absolute Gasteiger partial charge is 0.321 e. The molecule has 0 aliphatic rings. The summed E-state index contributed by atoms with van der Waals surface area (Å²) >= 11 is 0. The van der Waals surface area contributed by atoms with Crippen LogP contribution in [-0.2, 0) is 6.54 Å². The molecule has 8 heteroatoms. The highest BCUT2D eigenvalue weighted by Crippen LogP contribution is 2.09. The van der Waals surface area contributed by atoms with Crippen LogP contribution >= 0.6 is 0 Å². The quantitative estimate of drug-likeness (QED) is 0.844. The van der Waals surface area contributed by atoms with Crippen LogP contribution in [0.4, 0.5) is 5.95 Å². The van der Waals surface area contributed by atoms with Crippen molar-refractivity contribution in [2.24, 2.45) is 0 Å². The molecule has 0 radical (unpaired) electrons. The lowest BCUT2D eigenvalue weighted by Gasteiger charge is -2.12. The van der Waals surface area contributed by atoms with Crippen molar-refractivity contribution in [3.05, 3.63) is 35.9 Å². The molecule has 0 atom stereocenters. The van der Waals surface area contributed by atoms with Gasteiger partial charge in [-0.1, -0.05) is 0 Å². The van der Waals surface area contributed by atoms with Gasteiger partial charge in [0.2, 0.25) is 5.95 Å². The first-order chi connectivity index (χ1) is 10.1. The molecule has 0 aliphatic carbocycles. The predicted molar refractivity (Wildman–Crippen MR) is 76.1 cm³/mol. The molecule has 0 saturated carbocycles. The molecule has 0 unspecified atom stereocenters. The number of ether oxygens (including phenoxy) is 1. The van der Waals surface area contributed by atoms with Gasteiger partial charge in [0, 0.05) is 32.1 Å². The van der Waals surface area contributed by atoms with Gasteiger partial charge in [0.25, 0.3) is 5.91 Å². The van der Waals surface area contributed by atoms with Gasteiger partial charge in [-0.25, -0.2) is 0 Å². The van der Waals surface area contributed by atoms with Crippen LogP contribution in [0.5, 0.6) is 6.01 Å². The Hall–Kier alpha value is -2.77. The van der Waals surface area contributed by atoms with Crippen molar-refractivity contribution in [1.82, 2.24) is 25.3 Å². The van der Waals surface area contributed by atoms with Crippen molar-refractivity contribution in [2.45, 2.75) is 6.54 Å². The van der Waals surface area contributed by atoms with Crippen molar-refractivity contribution in [1.29, 1.82) is 0 Å². The minimum absolute atomic E-state index is 0.181. The molecule has 2 aromatic heterocycles. The first-order valence-electron chi connectivity index (χ1n) is 6.24. The van der Waals surface area contributed by atoms with Crippen LogP contribution in [0.3, 0.4) is 0 Å². The number of hydrogen-bond acceptors (Lipinski definition) is 7. The van der Waals surface area contributed by atoms with Gasteiger partial charge in [0.1, 0.15) is 0 Å². The zero-order chi connectivity index (χ0) is 15.2. The monoisotopic (exact) mass is 288 g/mol. The Morgan fingerprint density at radius 2 is 1.95 bits per heavy atom. The molecule has 21 heavy (non-hydrogen) atoms. The van der Waals surface area contributed by atoms with Crippen LogP contribution in [-0.4, -0.2) is 47.0 Å². The van der Waals surface area contributed by atoms with Gasteiger partial charge in [-0.2, -0.15) is 15.0 Å². The minimum Gasteiger partial charge on any atom is -0.467 e. The molecule has 1 N–H and O–H groups in total. The average molecular weight is 288 g/mol. The third-order valence-corrected chi connectivity index (χ3v) is 2.58. The van der Waals surface area contributed by atoms with Crippen LogP contribution in [0.25, 0.3) is 0 Å². The Morgan fingerprint density at radius 1 is 1.24 bits per heavy atom. The maximum atomic E-state index is 11.9. The van der Waals surface area contributed by atoms with E-state index in [9.17, 15) is 4.79 Å². The maximum absolute atomic E-state index is 11.9. The maximum Gasteiger partial charge on any atom is 0.321 e. The number of methoxy groups -OCH3 is 1. The molecule has 0 saturated heterocycles. The summed E-state index contributed by atoms with van der Waals surface area (Å²) in [5, 5.41) is 2.74. The van der Waals surface area contributed by atoms with Gasteiger partial charge in [-0.3, -0.25) is 9.78 Å². The number of anilines is 1. The number of aromatic nitrogens is 4. The Labute approximate surface area is 122 Å². The fourth-order valence-electron chi connectivity index (χ4n) is 1.52. The highest BCUT2D eigenvalue weighted by atomic mass is 16.5. The second kappa shape index (κ2) is 6.60. The van der Waals surface area contributed by atoms with E-state index in [1.54, 1.807) is 29.4 Å². The van der Waals surface area contributed by atoms with Crippen LogP contribution < -0.4 is 15.0 Å². The Morgan fingerprint density at radius 3 is 2.57 bits per heavy atom. The van der Waals surface area contributed by atoms with E-state index >= 15 is 0 Å². The number of carbonyl (C=O) groups is 1. The van der Waals surface area contributed by atoms with E-state index in [1.807, 2.05) is 14.1 Å². The highest BCUT2D eigenvalue weighted by molar-refractivity contribution is 5.93. The summed E-state index contributed by atoms with van der Waals surface area (Å²) in [6.45, 7) is 0.181. The first-order valence-corrected chi connectivity index (χ1v) is 6.24. The Bertz CT molecular complexity index is 617. The fraction of sp³-hybridized carbons (Fsp3) is 0.308. The standard InChI is InChI=1S/C13H16N6O2/c1-19(2)12-16-10(17-13(18-12)21-3)8-15-11(20)9-4-6-14-7-5-9/h4-7H,8H2,1-3H3,(H,15,20). The van der Waals surface area contributed by atoms with Crippen LogP contribution in [0.1, 0.15) is 16.2 Å². The summed E-state index contributed by atoms with van der Waals surface area (Å²) in [5.41, 5.74) is 0.527. The molecule has 0 aliphatic heterocycles. The minimum atomic E-state index is -0.219. The van der Waals surface area contributed by atoms with E-state index in [-0.39, 0.29) is 18.5 Å². The van der Waals surface area contributed by atoms with Gasteiger partial charge < -0.3 is 15.0 Å². The molecule has 0 aromatic carbocycles. The number of amides is 1. The van der Waals surface area contributed by atoms with Crippen molar-refractivity contribution < 1.29 is 9.53 Å². The topological polar surface area (TPSA) is 93.1 Å². The molecule has 2 heterocycles. The lowest BCUT2D eigenvalue weighted by atomic mass is 10.2. The Balaban J connectivity index is 2.09. The lowest BCUT2D eigenvalue weighted by Crippen LogP contribution is -2.25. The fourth-order valence-corrected chi connectivity index (χ4v) is 1.52. The largest absolute Gasteiger partial charge is 0.467 e. The summed E-state index contributed by atoms with van der Waals surface area (Å²) in [5.74, 6) is 0.672. The highest BCUT2D eigenvalue weighted by Gasteiger charge is 2.10. The molecule has 0 spiro atoms. The normalized spacial score (nSPS) is 10.0. The molecular weight excluding hydrogens is 272 g/mol.